The second-order valence-electron chi connectivity index (χ2n) is 5.62. The van der Waals surface area contributed by atoms with Crippen LogP contribution in [-0.2, 0) is 20.7 Å². The van der Waals surface area contributed by atoms with Crippen LogP contribution in [0.25, 0.3) is 0 Å². The zero-order valence-electron chi connectivity index (χ0n) is 12.8. The number of benzene rings is 1. The topological polar surface area (TPSA) is 55.8 Å². The van der Waals surface area contributed by atoms with E-state index in [2.05, 4.69) is 0 Å². The van der Waals surface area contributed by atoms with Crippen molar-refractivity contribution in [1.29, 1.82) is 0 Å². The van der Waals surface area contributed by atoms with Crippen LogP contribution in [0.2, 0.25) is 0 Å². The predicted octanol–water partition coefficient (Wildman–Crippen LogP) is 1.65. The number of amides is 1. The van der Waals surface area contributed by atoms with Gasteiger partial charge in [-0.15, -0.1) is 0 Å². The van der Waals surface area contributed by atoms with E-state index in [0.29, 0.717) is 6.42 Å². The highest BCUT2D eigenvalue weighted by molar-refractivity contribution is 5.92. The van der Waals surface area contributed by atoms with Crippen LogP contribution in [0.1, 0.15) is 19.4 Å². The van der Waals surface area contributed by atoms with E-state index < -0.39 is 12.1 Å². The first-order chi connectivity index (χ1) is 9.93. The molecular weight excluding hydrogens is 270 g/mol. The fourth-order valence-electron chi connectivity index (χ4n) is 2.61. The second kappa shape index (κ2) is 6.16. The Morgan fingerprint density at radius 1 is 1.24 bits per heavy atom. The number of morpholine rings is 1. The number of nitrogens with zero attached hydrogens (tertiary/aromatic N) is 1. The van der Waals surface area contributed by atoms with Crippen molar-refractivity contribution in [2.24, 2.45) is 5.92 Å². The van der Waals surface area contributed by atoms with Crippen LogP contribution in [0.3, 0.4) is 0 Å². The zero-order valence-corrected chi connectivity index (χ0v) is 12.8. The molecule has 0 N–H and O–H groups in total. The van der Waals surface area contributed by atoms with Crippen molar-refractivity contribution in [3.8, 4) is 5.75 Å². The average molecular weight is 291 g/mol. The molecule has 2 rings (SSSR count). The Morgan fingerprint density at radius 3 is 2.38 bits per heavy atom. The quantitative estimate of drug-likeness (QED) is 0.792. The zero-order chi connectivity index (χ0) is 15.6. The monoisotopic (exact) mass is 291 g/mol. The highest BCUT2D eigenvalue weighted by Gasteiger charge is 2.41. The van der Waals surface area contributed by atoms with Crippen LogP contribution in [-0.4, -0.2) is 43.1 Å². The van der Waals surface area contributed by atoms with Crippen molar-refractivity contribution in [3.63, 3.8) is 0 Å². The van der Waals surface area contributed by atoms with Crippen molar-refractivity contribution in [1.82, 2.24) is 4.90 Å². The molecule has 21 heavy (non-hydrogen) atoms. The molecule has 1 aromatic rings. The van der Waals surface area contributed by atoms with Gasteiger partial charge >= 0.3 is 5.97 Å². The molecule has 1 amide bonds. The van der Waals surface area contributed by atoms with Gasteiger partial charge in [-0.1, -0.05) is 26.0 Å². The Balaban J connectivity index is 2.10. The summed E-state index contributed by atoms with van der Waals surface area (Å²) in [7, 11) is 3.26. The van der Waals surface area contributed by atoms with Crippen LogP contribution in [0.5, 0.6) is 5.75 Å². The van der Waals surface area contributed by atoms with Gasteiger partial charge in [0.1, 0.15) is 11.8 Å². The number of likely N-dealkylation sites (N-methyl/N-ethyl adjacent to an activating group) is 1. The van der Waals surface area contributed by atoms with E-state index in [0.717, 1.165) is 11.3 Å². The van der Waals surface area contributed by atoms with E-state index in [9.17, 15) is 9.59 Å². The van der Waals surface area contributed by atoms with Gasteiger partial charge in [-0.05, 0) is 23.6 Å². The van der Waals surface area contributed by atoms with E-state index in [4.69, 9.17) is 9.47 Å². The normalized spacial score (nSPS) is 22.4. The van der Waals surface area contributed by atoms with Gasteiger partial charge in [0.2, 0.25) is 0 Å². The lowest BCUT2D eigenvalue weighted by Gasteiger charge is -2.37. The van der Waals surface area contributed by atoms with E-state index in [1.165, 1.54) is 4.90 Å². The Morgan fingerprint density at radius 2 is 1.86 bits per heavy atom. The molecule has 0 spiro atoms. The largest absolute Gasteiger partial charge is 0.497 e. The molecule has 1 heterocycles. The van der Waals surface area contributed by atoms with Crippen molar-refractivity contribution >= 4 is 11.9 Å². The molecular formula is C16H21NO4. The SMILES string of the molecule is COc1ccc(C[C@H]2OC(=O)[C@@H](C(C)C)N(C)C2=O)cc1. The number of carbonyl (C=O) groups excluding carboxylic acids is 2. The van der Waals surface area contributed by atoms with Gasteiger partial charge in [-0.3, -0.25) is 4.79 Å². The molecule has 0 bridgehead atoms. The third kappa shape index (κ3) is 3.17. The van der Waals surface area contributed by atoms with Crippen molar-refractivity contribution in [3.05, 3.63) is 29.8 Å². The predicted molar refractivity (Wildman–Crippen MR) is 78.0 cm³/mol. The molecule has 0 aliphatic carbocycles. The highest BCUT2D eigenvalue weighted by Crippen LogP contribution is 2.22. The standard InChI is InChI=1S/C16H21NO4/c1-10(2)14-16(19)21-13(15(18)17(14)3)9-11-5-7-12(20-4)8-6-11/h5-8,10,13-14H,9H2,1-4H3/t13-,14-/m1/s1. The highest BCUT2D eigenvalue weighted by atomic mass is 16.6. The molecule has 1 saturated heterocycles. The lowest BCUT2D eigenvalue weighted by atomic mass is 9.98. The molecule has 114 valence electrons. The van der Waals surface area contributed by atoms with Gasteiger partial charge < -0.3 is 14.4 Å². The summed E-state index contributed by atoms with van der Waals surface area (Å²) < 4.78 is 10.4. The Labute approximate surface area is 124 Å². The first-order valence-electron chi connectivity index (χ1n) is 7.04. The number of rotatable bonds is 4. The van der Waals surface area contributed by atoms with E-state index in [1.807, 2.05) is 38.1 Å². The minimum absolute atomic E-state index is 0.0355. The summed E-state index contributed by atoms with van der Waals surface area (Å²) in [5.41, 5.74) is 0.929. The Bertz CT molecular complexity index is 524. The van der Waals surface area contributed by atoms with Crippen LogP contribution in [0.15, 0.2) is 24.3 Å². The smallest absolute Gasteiger partial charge is 0.329 e. The molecule has 0 unspecified atom stereocenters. The van der Waals surface area contributed by atoms with Gasteiger partial charge in [-0.25, -0.2) is 4.79 Å². The third-order valence-electron chi connectivity index (χ3n) is 3.75. The molecule has 1 aromatic carbocycles. The minimum Gasteiger partial charge on any atom is -0.497 e. The Kier molecular flexibility index (Phi) is 4.50. The summed E-state index contributed by atoms with van der Waals surface area (Å²) in [6, 6.07) is 6.89. The number of hydrogen-bond donors (Lipinski definition) is 0. The molecule has 1 aliphatic heterocycles. The number of cyclic esters (lactones) is 1. The maximum Gasteiger partial charge on any atom is 0.329 e. The maximum atomic E-state index is 12.3. The lowest BCUT2D eigenvalue weighted by Crippen LogP contribution is -2.57. The molecule has 5 heteroatoms. The van der Waals surface area contributed by atoms with Gasteiger partial charge in [0.05, 0.1) is 7.11 Å². The van der Waals surface area contributed by atoms with Crippen molar-refractivity contribution in [2.75, 3.05) is 14.2 Å². The Hall–Kier alpha value is -2.04. The fraction of sp³-hybridized carbons (Fsp3) is 0.500. The van der Waals surface area contributed by atoms with Gasteiger partial charge in [0.15, 0.2) is 6.10 Å². The number of esters is 1. The molecule has 1 fully saturated rings. The third-order valence-corrected chi connectivity index (χ3v) is 3.75. The van der Waals surface area contributed by atoms with Crippen LogP contribution >= 0.6 is 0 Å². The van der Waals surface area contributed by atoms with Gasteiger partial charge in [-0.2, -0.15) is 0 Å². The van der Waals surface area contributed by atoms with Gasteiger partial charge in [0.25, 0.3) is 5.91 Å². The maximum absolute atomic E-state index is 12.3. The summed E-state index contributed by atoms with van der Waals surface area (Å²) in [6.45, 7) is 3.80. The van der Waals surface area contributed by atoms with E-state index in [-0.39, 0.29) is 17.8 Å². The summed E-state index contributed by atoms with van der Waals surface area (Å²) in [5, 5.41) is 0. The van der Waals surface area contributed by atoms with Crippen LogP contribution in [0, 0.1) is 5.92 Å². The van der Waals surface area contributed by atoms with Gasteiger partial charge in [0, 0.05) is 13.5 Å². The molecule has 0 radical (unpaired) electrons. The summed E-state index contributed by atoms with van der Waals surface area (Å²) in [6.07, 6.45) is -0.366. The van der Waals surface area contributed by atoms with Crippen molar-refractivity contribution in [2.45, 2.75) is 32.4 Å². The summed E-state index contributed by atoms with van der Waals surface area (Å²) in [4.78, 5) is 25.9. The number of ether oxygens (including phenoxy) is 2. The van der Waals surface area contributed by atoms with Crippen LogP contribution < -0.4 is 4.74 Å². The summed E-state index contributed by atoms with van der Waals surface area (Å²) >= 11 is 0. The molecule has 1 aliphatic rings. The molecule has 5 nitrogen and oxygen atoms in total. The first-order valence-corrected chi connectivity index (χ1v) is 7.04. The first kappa shape index (κ1) is 15.4. The lowest BCUT2D eigenvalue weighted by molar-refractivity contribution is -0.178. The number of methoxy groups -OCH3 is 1. The number of hydrogen-bond acceptors (Lipinski definition) is 4. The fourth-order valence-corrected chi connectivity index (χ4v) is 2.61. The minimum atomic E-state index is -0.745. The molecule has 0 aromatic heterocycles. The second-order valence-corrected chi connectivity index (χ2v) is 5.62. The van der Waals surface area contributed by atoms with Crippen molar-refractivity contribution < 1.29 is 19.1 Å². The molecule has 2 atom stereocenters. The number of carbonyl (C=O) groups is 2. The van der Waals surface area contributed by atoms with E-state index >= 15 is 0 Å². The summed E-state index contributed by atoms with van der Waals surface area (Å²) in [5.74, 6) is 0.311. The average Bonchev–Trinajstić information content (AvgIpc) is 2.45. The van der Waals surface area contributed by atoms with Crippen LogP contribution in [0.4, 0.5) is 0 Å². The van der Waals surface area contributed by atoms with E-state index in [1.54, 1.807) is 14.2 Å². The molecule has 0 saturated carbocycles.